The molecule has 1 aromatic heterocycles. The van der Waals surface area contributed by atoms with Crippen molar-refractivity contribution in [3.8, 4) is 5.69 Å². The van der Waals surface area contributed by atoms with Gasteiger partial charge in [0.05, 0.1) is 11.4 Å². The first-order valence-electron chi connectivity index (χ1n) is 8.90. The molecule has 1 heterocycles. The van der Waals surface area contributed by atoms with Crippen LogP contribution in [0.1, 0.15) is 57.9 Å². The number of nitrogens with one attached hydrogen (secondary N) is 1. The lowest BCUT2D eigenvalue weighted by Crippen LogP contribution is -2.26. The van der Waals surface area contributed by atoms with Crippen molar-refractivity contribution in [2.24, 2.45) is 0 Å². The van der Waals surface area contributed by atoms with Crippen LogP contribution in [0, 0.1) is 0 Å². The Morgan fingerprint density at radius 1 is 1.20 bits per heavy atom. The van der Waals surface area contributed by atoms with E-state index in [0.29, 0.717) is 16.8 Å². The van der Waals surface area contributed by atoms with Crippen LogP contribution in [-0.4, -0.2) is 38.4 Å². The molecule has 0 unspecified atom stereocenters. The fourth-order valence-corrected chi connectivity index (χ4v) is 3.11. The lowest BCUT2D eigenvalue weighted by Gasteiger charge is -2.08. The van der Waals surface area contributed by atoms with Crippen LogP contribution in [0.5, 0.6) is 0 Å². The van der Waals surface area contributed by atoms with Gasteiger partial charge in [0.2, 0.25) is 11.1 Å². The quantitative estimate of drug-likeness (QED) is 0.517. The largest absolute Gasteiger partial charge is 0.355 e. The van der Waals surface area contributed by atoms with Crippen molar-refractivity contribution < 1.29 is 4.79 Å². The van der Waals surface area contributed by atoms with E-state index >= 15 is 0 Å². The summed E-state index contributed by atoms with van der Waals surface area (Å²) in [6, 6.07) is 8.17. The third kappa shape index (κ3) is 6.16. The first-order valence-corrected chi connectivity index (χ1v) is 9.88. The van der Waals surface area contributed by atoms with Gasteiger partial charge < -0.3 is 5.32 Å². The number of carbonyl (C=O) groups is 1. The van der Waals surface area contributed by atoms with Crippen LogP contribution in [0.2, 0.25) is 0 Å². The van der Waals surface area contributed by atoms with Gasteiger partial charge >= 0.3 is 0 Å². The predicted molar refractivity (Wildman–Crippen MR) is 101 cm³/mol. The number of rotatable bonds is 10. The molecule has 0 aliphatic heterocycles. The second kappa shape index (κ2) is 10.2. The molecule has 0 radical (unpaired) electrons. The Morgan fingerprint density at radius 2 is 1.96 bits per heavy atom. The van der Waals surface area contributed by atoms with Crippen molar-refractivity contribution in [1.29, 1.82) is 0 Å². The van der Waals surface area contributed by atoms with Crippen molar-refractivity contribution in [2.75, 3.05) is 12.3 Å². The number of carbonyl (C=O) groups excluding carboxylic acids is 1. The summed E-state index contributed by atoms with van der Waals surface area (Å²) in [6.45, 7) is 7.24. The van der Waals surface area contributed by atoms with Crippen LogP contribution in [0.4, 0.5) is 0 Å². The molecule has 0 aliphatic carbocycles. The van der Waals surface area contributed by atoms with Crippen LogP contribution in [0.25, 0.3) is 5.69 Å². The fourth-order valence-electron chi connectivity index (χ4n) is 2.39. The summed E-state index contributed by atoms with van der Waals surface area (Å²) in [5.74, 6) is 0.821. The summed E-state index contributed by atoms with van der Waals surface area (Å²) in [5, 5.41) is 15.4. The zero-order valence-corrected chi connectivity index (χ0v) is 16.1. The van der Waals surface area contributed by atoms with Gasteiger partial charge in [-0.2, -0.15) is 4.68 Å². The Kier molecular flexibility index (Phi) is 7.91. The molecule has 2 aromatic rings. The fraction of sp³-hybridized carbons (Fsp3) is 0.556. The maximum atomic E-state index is 11.9. The minimum atomic E-state index is 0.0196. The van der Waals surface area contributed by atoms with Gasteiger partial charge in [0, 0.05) is 6.54 Å². The van der Waals surface area contributed by atoms with E-state index in [1.165, 1.54) is 30.2 Å². The van der Waals surface area contributed by atoms with Crippen LogP contribution >= 0.6 is 11.8 Å². The van der Waals surface area contributed by atoms with Gasteiger partial charge in [-0.25, -0.2) is 0 Å². The Morgan fingerprint density at radius 3 is 2.64 bits per heavy atom. The Labute approximate surface area is 153 Å². The van der Waals surface area contributed by atoms with E-state index < -0.39 is 0 Å². The van der Waals surface area contributed by atoms with Crippen molar-refractivity contribution in [3.05, 3.63) is 29.8 Å². The summed E-state index contributed by atoms with van der Waals surface area (Å²) in [4.78, 5) is 11.9. The molecule has 0 saturated carbocycles. The summed E-state index contributed by atoms with van der Waals surface area (Å²) < 4.78 is 1.67. The van der Waals surface area contributed by atoms with E-state index in [0.717, 1.165) is 25.1 Å². The van der Waals surface area contributed by atoms with Crippen molar-refractivity contribution in [3.63, 3.8) is 0 Å². The van der Waals surface area contributed by atoms with E-state index in [1.54, 1.807) is 4.68 Å². The first kappa shape index (κ1) is 19.4. The van der Waals surface area contributed by atoms with Gasteiger partial charge in [-0.05, 0) is 40.5 Å². The minimum absolute atomic E-state index is 0.0196. The number of hydrogen-bond acceptors (Lipinski definition) is 5. The van der Waals surface area contributed by atoms with Crippen LogP contribution in [-0.2, 0) is 4.79 Å². The molecular formula is C18H27N5OS. The molecule has 1 amide bonds. The number of benzene rings is 1. The molecule has 0 fully saturated rings. The van der Waals surface area contributed by atoms with Crippen LogP contribution in [0.3, 0.4) is 0 Å². The Hall–Kier alpha value is -1.89. The summed E-state index contributed by atoms with van der Waals surface area (Å²) in [5.41, 5.74) is 2.17. The van der Waals surface area contributed by atoms with Gasteiger partial charge in [0.15, 0.2) is 0 Å². The van der Waals surface area contributed by atoms with E-state index in [2.05, 4.69) is 53.7 Å². The minimum Gasteiger partial charge on any atom is -0.355 e. The van der Waals surface area contributed by atoms with E-state index in [-0.39, 0.29) is 5.91 Å². The zero-order chi connectivity index (χ0) is 18.1. The van der Waals surface area contributed by atoms with E-state index in [4.69, 9.17) is 0 Å². The molecule has 0 bridgehead atoms. The van der Waals surface area contributed by atoms with Crippen molar-refractivity contribution >= 4 is 17.7 Å². The number of aromatic nitrogens is 4. The molecule has 1 N–H and O–H groups in total. The molecule has 0 spiro atoms. The second-order valence-electron chi connectivity index (χ2n) is 6.32. The van der Waals surface area contributed by atoms with E-state index in [9.17, 15) is 4.79 Å². The molecular weight excluding hydrogens is 334 g/mol. The third-order valence-corrected chi connectivity index (χ3v) is 4.85. The SMILES string of the molecule is CCCCCCNC(=O)CSc1nnnn1-c1ccc(C(C)C)cc1. The average Bonchev–Trinajstić information content (AvgIpc) is 3.08. The number of amides is 1. The van der Waals surface area contributed by atoms with Crippen LogP contribution in [0.15, 0.2) is 29.4 Å². The van der Waals surface area contributed by atoms with Crippen molar-refractivity contribution in [2.45, 2.75) is 57.5 Å². The number of tetrazole rings is 1. The molecule has 1 aromatic carbocycles. The average molecular weight is 362 g/mol. The first-order chi connectivity index (χ1) is 12.1. The molecule has 136 valence electrons. The van der Waals surface area contributed by atoms with E-state index in [1.807, 2.05) is 12.1 Å². The third-order valence-electron chi connectivity index (χ3n) is 3.93. The molecule has 7 heteroatoms. The number of nitrogens with zero attached hydrogens (tertiary/aromatic N) is 4. The normalized spacial score (nSPS) is 11.0. The van der Waals surface area contributed by atoms with Crippen molar-refractivity contribution in [1.82, 2.24) is 25.5 Å². The molecule has 0 atom stereocenters. The highest BCUT2D eigenvalue weighted by atomic mass is 32.2. The zero-order valence-electron chi connectivity index (χ0n) is 15.2. The number of thioether (sulfide) groups is 1. The number of unbranched alkanes of at least 4 members (excludes halogenated alkanes) is 3. The number of hydrogen-bond donors (Lipinski definition) is 1. The maximum Gasteiger partial charge on any atom is 0.230 e. The van der Waals surface area contributed by atoms with Gasteiger partial charge in [0.1, 0.15) is 0 Å². The second-order valence-corrected chi connectivity index (χ2v) is 7.26. The monoisotopic (exact) mass is 361 g/mol. The van der Waals surface area contributed by atoms with Gasteiger partial charge in [-0.15, -0.1) is 5.10 Å². The highest BCUT2D eigenvalue weighted by molar-refractivity contribution is 7.99. The Balaban J connectivity index is 1.86. The van der Waals surface area contributed by atoms with Gasteiger partial charge in [-0.1, -0.05) is 63.9 Å². The molecule has 6 nitrogen and oxygen atoms in total. The summed E-state index contributed by atoms with van der Waals surface area (Å²) in [6.07, 6.45) is 4.61. The topological polar surface area (TPSA) is 72.7 Å². The molecule has 25 heavy (non-hydrogen) atoms. The highest BCUT2D eigenvalue weighted by Gasteiger charge is 2.11. The van der Waals surface area contributed by atoms with Gasteiger partial charge in [-0.3, -0.25) is 4.79 Å². The molecule has 2 rings (SSSR count). The predicted octanol–water partition coefficient (Wildman–Crippen LogP) is 3.57. The summed E-state index contributed by atoms with van der Waals surface area (Å²) in [7, 11) is 0. The summed E-state index contributed by atoms with van der Waals surface area (Å²) >= 11 is 1.35. The lowest BCUT2D eigenvalue weighted by atomic mass is 10.0. The Bertz CT molecular complexity index is 654. The lowest BCUT2D eigenvalue weighted by molar-refractivity contribution is -0.118. The molecule has 0 aliphatic rings. The molecule has 0 saturated heterocycles. The highest BCUT2D eigenvalue weighted by Crippen LogP contribution is 2.20. The van der Waals surface area contributed by atoms with Crippen LogP contribution < -0.4 is 5.32 Å². The smallest absolute Gasteiger partial charge is 0.230 e. The maximum absolute atomic E-state index is 11.9. The standard InChI is InChI=1S/C18H27N5OS/c1-4-5-6-7-12-19-17(24)13-25-18-20-21-22-23(18)16-10-8-15(9-11-16)14(2)3/h8-11,14H,4-7,12-13H2,1-3H3,(H,19,24). The van der Waals surface area contributed by atoms with Gasteiger partial charge in [0.25, 0.3) is 0 Å².